The highest BCUT2D eigenvalue weighted by atomic mass is 19.4. The summed E-state index contributed by atoms with van der Waals surface area (Å²) in [5.74, 6) is -1.98. The molecule has 1 heterocycles. The summed E-state index contributed by atoms with van der Waals surface area (Å²) in [7, 11) is 0. The molecule has 10 heteroatoms. The van der Waals surface area contributed by atoms with Crippen LogP contribution in [0.2, 0.25) is 0 Å². The number of nitrogens with zero attached hydrogens (tertiary/aromatic N) is 2. The standard InChI is InChI=1S/C21H18F4N4O2/c1-12-7-8-14(19(30)26-11-21(23,24)25)9-17(12)28-20(31)15-10-27-29(13(15)2)18-6-4-3-5-16(18)22/h3-10H,11H2,1-2H3,(H,26,30)(H,28,31). The number of hydrogen-bond donors (Lipinski definition) is 2. The smallest absolute Gasteiger partial charge is 0.343 e. The molecule has 0 aliphatic carbocycles. The number of alkyl halides is 3. The van der Waals surface area contributed by atoms with Crippen molar-refractivity contribution in [1.82, 2.24) is 15.1 Å². The maximum atomic E-state index is 14.1. The van der Waals surface area contributed by atoms with Crippen LogP contribution in [0.25, 0.3) is 5.69 Å². The fourth-order valence-corrected chi connectivity index (χ4v) is 2.87. The molecule has 162 valence electrons. The van der Waals surface area contributed by atoms with Gasteiger partial charge in [0.25, 0.3) is 11.8 Å². The summed E-state index contributed by atoms with van der Waals surface area (Å²) >= 11 is 0. The lowest BCUT2D eigenvalue weighted by molar-refractivity contribution is -0.123. The Bertz CT molecular complexity index is 1140. The van der Waals surface area contributed by atoms with E-state index in [1.807, 2.05) is 0 Å². The van der Waals surface area contributed by atoms with E-state index in [0.29, 0.717) is 11.3 Å². The molecule has 31 heavy (non-hydrogen) atoms. The molecule has 0 radical (unpaired) electrons. The van der Waals surface area contributed by atoms with Crippen molar-refractivity contribution >= 4 is 17.5 Å². The lowest BCUT2D eigenvalue weighted by Gasteiger charge is -2.12. The van der Waals surface area contributed by atoms with Crippen LogP contribution >= 0.6 is 0 Å². The maximum absolute atomic E-state index is 14.1. The van der Waals surface area contributed by atoms with E-state index in [1.165, 1.54) is 47.3 Å². The average molecular weight is 434 g/mol. The number of nitrogens with one attached hydrogen (secondary N) is 2. The summed E-state index contributed by atoms with van der Waals surface area (Å²) in [5, 5.41) is 8.48. The van der Waals surface area contributed by atoms with Gasteiger partial charge in [-0.3, -0.25) is 9.59 Å². The van der Waals surface area contributed by atoms with Crippen molar-refractivity contribution in [2.45, 2.75) is 20.0 Å². The second-order valence-corrected chi connectivity index (χ2v) is 6.79. The number of aryl methyl sites for hydroxylation is 1. The molecular weight excluding hydrogens is 416 g/mol. The molecule has 0 saturated heterocycles. The summed E-state index contributed by atoms with van der Waals surface area (Å²) in [6.45, 7) is 1.81. The van der Waals surface area contributed by atoms with Crippen molar-refractivity contribution < 1.29 is 27.2 Å². The predicted molar refractivity (Wildman–Crippen MR) is 106 cm³/mol. The van der Waals surface area contributed by atoms with Gasteiger partial charge in [-0.2, -0.15) is 18.3 Å². The summed E-state index contributed by atoms with van der Waals surface area (Å²) < 4.78 is 52.3. The molecule has 0 spiro atoms. The highest BCUT2D eigenvalue weighted by molar-refractivity contribution is 6.06. The van der Waals surface area contributed by atoms with Crippen LogP contribution < -0.4 is 10.6 Å². The zero-order valence-corrected chi connectivity index (χ0v) is 16.5. The molecule has 0 saturated carbocycles. The fraction of sp³-hybridized carbons (Fsp3) is 0.190. The second-order valence-electron chi connectivity index (χ2n) is 6.79. The first kappa shape index (κ1) is 22.0. The van der Waals surface area contributed by atoms with Crippen LogP contribution in [0.1, 0.15) is 32.0 Å². The largest absolute Gasteiger partial charge is 0.405 e. The van der Waals surface area contributed by atoms with Crippen LogP contribution in [0, 0.1) is 19.7 Å². The molecule has 0 atom stereocenters. The van der Waals surface area contributed by atoms with Gasteiger partial charge in [0.05, 0.1) is 17.5 Å². The number of rotatable bonds is 5. The van der Waals surface area contributed by atoms with Gasteiger partial charge in [-0.25, -0.2) is 9.07 Å². The van der Waals surface area contributed by atoms with Crippen LogP contribution in [0.4, 0.5) is 23.2 Å². The van der Waals surface area contributed by atoms with Gasteiger partial charge in [-0.05, 0) is 43.7 Å². The molecule has 2 amide bonds. The van der Waals surface area contributed by atoms with Crippen LogP contribution in [-0.2, 0) is 0 Å². The zero-order chi connectivity index (χ0) is 22.8. The summed E-state index contributed by atoms with van der Waals surface area (Å²) in [5.41, 5.74) is 1.55. The Morgan fingerprint density at radius 2 is 1.77 bits per heavy atom. The Morgan fingerprint density at radius 3 is 2.45 bits per heavy atom. The third kappa shape index (κ3) is 5.08. The number of para-hydroxylation sites is 1. The molecule has 3 rings (SSSR count). The van der Waals surface area contributed by atoms with Crippen molar-refractivity contribution in [2.24, 2.45) is 0 Å². The predicted octanol–water partition coefficient (Wildman–Crippen LogP) is 4.17. The van der Waals surface area contributed by atoms with E-state index in [2.05, 4.69) is 10.4 Å². The third-order valence-corrected chi connectivity index (χ3v) is 4.53. The van der Waals surface area contributed by atoms with Crippen LogP contribution in [0.15, 0.2) is 48.7 Å². The van der Waals surface area contributed by atoms with Crippen molar-refractivity contribution in [2.75, 3.05) is 11.9 Å². The van der Waals surface area contributed by atoms with Gasteiger partial charge in [-0.1, -0.05) is 18.2 Å². The Kier molecular flexibility index (Phi) is 6.09. The molecule has 0 aliphatic rings. The van der Waals surface area contributed by atoms with Gasteiger partial charge >= 0.3 is 6.18 Å². The zero-order valence-electron chi connectivity index (χ0n) is 16.5. The Hall–Kier alpha value is -3.69. The molecule has 2 N–H and O–H groups in total. The van der Waals surface area contributed by atoms with Crippen LogP contribution in [0.3, 0.4) is 0 Å². The molecule has 1 aromatic heterocycles. The van der Waals surface area contributed by atoms with E-state index < -0.39 is 30.4 Å². The minimum Gasteiger partial charge on any atom is -0.343 e. The normalized spacial score (nSPS) is 11.3. The van der Waals surface area contributed by atoms with E-state index in [1.54, 1.807) is 25.2 Å². The number of carbonyl (C=O) groups excluding carboxylic acids is 2. The Morgan fingerprint density at radius 1 is 1.06 bits per heavy atom. The number of hydrogen-bond acceptors (Lipinski definition) is 3. The van der Waals surface area contributed by atoms with Gasteiger partial charge < -0.3 is 10.6 Å². The molecule has 0 bridgehead atoms. The minimum absolute atomic E-state index is 0.0380. The highest BCUT2D eigenvalue weighted by Crippen LogP contribution is 2.21. The van der Waals surface area contributed by atoms with Crippen molar-refractivity contribution in [3.63, 3.8) is 0 Å². The molecule has 3 aromatic rings. The van der Waals surface area contributed by atoms with Gasteiger partial charge in [0.2, 0.25) is 0 Å². The van der Waals surface area contributed by atoms with Crippen molar-refractivity contribution in [1.29, 1.82) is 0 Å². The first-order chi connectivity index (χ1) is 14.6. The first-order valence-corrected chi connectivity index (χ1v) is 9.13. The molecule has 2 aromatic carbocycles. The van der Waals surface area contributed by atoms with E-state index in [4.69, 9.17) is 0 Å². The van der Waals surface area contributed by atoms with Gasteiger partial charge in [-0.15, -0.1) is 0 Å². The van der Waals surface area contributed by atoms with Gasteiger partial charge in [0.1, 0.15) is 18.0 Å². The van der Waals surface area contributed by atoms with Crippen LogP contribution in [0.5, 0.6) is 0 Å². The fourth-order valence-electron chi connectivity index (χ4n) is 2.87. The Labute approximate surface area is 174 Å². The third-order valence-electron chi connectivity index (χ3n) is 4.53. The molecule has 0 fully saturated rings. The molecule has 6 nitrogen and oxygen atoms in total. The van der Waals surface area contributed by atoms with E-state index in [-0.39, 0.29) is 22.5 Å². The Balaban J connectivity index is 1.81. The number of benzene rings is 2. The van der Waals surface area contributed by atoms with Crippen molar-refractivity contribution in [3.8, 4) is 5.69 Å². The highest BCUT2D eigenvalue weighted by Gasteiger charge is 2.28. The molecular formula is C21H18F4N4O2. The maximum Gasteiger partial charge on any atom is 0.405 e. The minimum atomic E-state index is -4.53. The number of halogens is 4. The van der Waals surface area contributed by atoms with Crippen LogP contribution in [-0.4, -0.2) is 34.3 Å². The van der Waals surface area contributed by atoms with E-state index >= 15 is 0 Å². The number of carbonyl (C=O) groups is 2. The van der Waals surface area contributed by atoms with E-state index in [9.17, 15) is 27.2 Å². The first-order valence-electron chi connectivity index (χ1n) is 9.13. The second kappa shape index (κ2) is 8.58. The molecule has 0 unspecified atom stereocenters. The quantitative estimate of drug-likeness (QED) is 0.592. The lowest BCUT2D eigenvalue weighted by atomic mass is 10.1. The monoisotopic (exact) mass is 434 g/mol. The topological polar surface area (TPSA) is 76.0 Å². The van der Waals surface area contributed by atoms with Gasteiger partial charge in [0, 0.05) is 11.3 Å². The molecule has 0 aliphatic heterocycles. The SMILES string of the molecule is Cc1ccc(C(=O)NCC(F)(F)F)cc1NC(=O)c1cnn(-c2ccccc2F)c1C. The van der Waals surface area contributed by atoms with E-state index in [0.717, 1.165) is 0 Å². The van der Waals surface area contributed by atoms with Crippen molar-refractivity contribution in [3.05, 3.63) is 76.9 Å². The average Bonchev–Trinajstić information content (AvgIpc) is 3.09. The summed E-state index contributed by atoms with van der Waals surface area (Å²) in [6.07, 6.45) is -3.25. The lowest BCUT2D eigenvalue weighted by Crippen LogP contribution is -2.33. The summed E-state index contributed by atoms with van der Waals surface area (Å²) in [4.78, 5) is 24.7. The van der Waals surface area contributed by atoms with Gasteiger partial charge in [0.15, 0.2) is 0 Å². The number of amides is 2. The number of aromatic nitrogens is 2. The number of anilines is 1. The summed E-state index contributed by atoms with van der Waals surface area (Å²) in [6, 6.07) is 10.1.